The van der Waals surface area contributed by atoms with Crippen LogP contribution in [0.5, 0.6) is 0 Å². The molecular formula is C15H18N4O. The summed E-state index contributed by atoms with van der Waals surface area (Å²) < 4.78 is 0. The van der Waals surface area contributed by atoms with E-state index >= 15 is 0 Å². The van der Waals surface area contributed by atoms with Crippen molar-refractivity contribution >= 4 is 17.3 Å². The van der Waals surface area contributed by atoms with E-state index in [1.165, 1.54) is 0 Å². The summed E-state index contributed by atoms with van der Waals surface area (Å²) in [6, 6.07) is 9.16. The maximum atomic E-state index is 11.9. The molecular weight excluding hydrogens is 252 g/mol. The van der Waals surface area contributed by atoms with Crippen LogP contribution in [0.1, 0.15) is 15.9 Å². The zero-order valence-corrected chi connectivity index (χ0v) is 11.6. The molecule has 0 atom stereocenters. The molecule has 1 amide bonds. The lowest BCUT2D eigenvalue weighted by atomic mass is 10.1. The Bertz CT molecular complexity index is 598. The lowest BCUT2D eigenvalue weighted by molar-refractivity contribution is 0.0963. The van der Waals surface area contributed by atoms with E-state index in [0.717, 1.165) is 11.3 Å². The molecule has 0 fully saturated rings. The second-order valence-electron chi connectivity index (χ2n) is 4.57. The Labute approximate surface area is 118 Å². The van der Waals surface area contributed by atoms with Crippen LogP contribution in [-0.4, -0.2) is 25.0 Å². The number of anilines is 2. The summed E-state index contributed by atoms with van der Waals surface area (Å²) in [5.74, 6) is -0.127. The van der Waals surface area contributed by atoms with Gasteiger partial charge in [-0.15, -0.1) is 0 Å². The Morgan fingerprint density at radius 1 is 1.40 bits per heavy atom. The number of rotatable bonds is 4. The Kier molecular flexibility index (Phi) is 4.20. The molecule has 20 heavy (non-hydrogen) atoms. The van der Waals surface area contributed by atoms with Gasteiger partial charge in [0, 0.05) is 38.7 Å². The van der Waals surface area contributed by atoms with Crippen molar-refractivity contribution in [1.82, 2.24) is 10.3 Å². The van der Waals surface area contributed by atoms with Crippen LogP contribution in [0.3, 0.4) is 0 Å². The number of nitrogens with two attached hydrogens (primary N) is 1. The van der Waals surface area contributed by atoms with Crippen molar-refractivity contribution in [2.24, 2.45) is 0 Å². The lowest BCUT2D eigenvalue weighted by Crippen LogP contribution is -2.24. The summed E-state index contributed by atoms with van der Waals surface area (Å²) in [6.07, 6.45) is 3.54. The van der Waals surface area contributed by atoms with Gasteiger partial charge >= 0.3 is 0 Å². The van der Waals surface area contributed by atoms with Gasteiger partial charge in [0.1, 0.15) is 0 Å². The van der Waals surface area contributed by atoms with Crippen LogP contribution in [0.25, 0.3) is 0 Å². The van der Waals surface area contributed by atoms with Crippen LogP contribution in [-0.2, 0) is 6.54 Å². The van der Waals surface area contributed by atoms with Crippen molar-refractivity contribution < 1.29 is 4.79 Å². The molecule has 0 aliphatic heterocycles. The molecule has 104 valence electrons. The SMILES string of the molecule is CNC(=O)c1ccc(N)cc1N(C)Cc1cccnc1. The van der Waals surface area contributed by atoms with Gasteiger partial charge in [0.25, 0.3) is 5.91 Å². The van der Waals surface area contributed by atoms with Crippen molar-refractivity contribution in [2.75, 3.05) is 24.7 Å². The van der Waals surface area contributed by atoms with E-state index in [0.29, 0.717) is 17.8 Å². The van der Waals surface area contributed by atoms with Crippen LogP contribution >= 0.6 is 0 Å². The molecule has 3 N–H and O–H groups in total. The Hall–Kier alpha value is -2.56. The fourth-order valence-electron chi connectivity index (χ4n) is 2.04. The van der Waals surface area contributed by atoms with Crippen LogP contribution < -0.4 is 16.0 Å². The molecule has 5 nitrogen and oxygen atoms in total. The second-order valence-corrected chi connectivity index (χ2v) is 4.57. The highest BCUT2D eigenvalue weighted by molar-refractivity contribution is 6.00. The number of aromatic nitrogens is 1. The summed E-state index contributed by atoms with van der Waals surface area (Å²) >= 11 is 0. The molecule has 0 aliphatic carbocycles. The fraction of sp³-hybridized carbons (Fsp3) is 0.200. The maximum Gasteiger partial charge on any atom is 0.253 e. The number of nitrogens with one attached hydrogen (secondary N) is 1. The number of hydrogen-bond acceptors (Lipinski definition) is 4. The average Bonchev–Trinajstić information content (AvgIpc) is 2.47. The van der Waals surface area contributed by atoms with Crippen LogP contribution in [0.15, 0.2) is 42.7 Å². The van der Waals surface area contributed by atoms with Gasteiger partial charge in [-0.25, -0.2) is 0 Å². The van der Waals surface area contributed by atoms with E-state index in [9.17, 15) is 4.79 Å². The van der Waals surface area contributed by atoms with Gasteiger partial charge in [0.2, 0.25) is 0 Å². The van der Waals surface area contributed by atoms with E-state index in [1.807, 2.05) is 30.3 Å². The third kappa shape index (κ3) is 3.06. The standard InChI is InChI=1S/C15H18N4O/c1-17-15(20)13-6-5-12(16)8-14(13)19(2)10-11-4-3-7-18-9-11/h3-9H,10,16H2,1-2H3,(H,17,20). The van der Waals surface area contributed by atoms with Crippen molar-refractivity contribution in [3.05, 3.63) is 53.9 Å². The first-order chi connectivity index (χ1) is 9.61. The molecule has 1 aromatic carbocycles. The predicted octanol–water partition coefficient (Wildman–Crippen LogP) is 1.66. The molecule has 0 saturated carbocycles. The van der Waals surface area contributed by atoms with Gasteiger partial charge in [-0.1, -0.05) is 6.07 Å². The third-order valence-electron chi connectivity index (χ3n) is 3.05. The van der Waals surface area contributed by atoms with Crippen molar-refractivity contribution in [1.29, 1.82) is 0 Å². The topological polar surface area (TPSA) is 71.2 Å². The molecule has 0 spiro atoms. The Morgan fingerprint density at radius 3 is 2.85 bits per heavy atom. The van der Waals surface area contributed by atoms with E-state index < -0.39 is 0 Å². The summed E-state index contributed by atoms with van der Waals surface area (Å²) in [7, 11) is 3.54. The summed E-state index contributed by atoms with van der Waals surface area (Å²) in [5.41, 5.74) is 8.93. The van der Waals surface area contributed by atoms with Crippen LogP contribution in [0.4, 0.5) is 11.4 Å². The summed E-state index contributed by atoms with van der Waals surface area (Å²) in [6.45, 7) is 0.654. The monoisotopic (exact) mass is 270 g/mol. The molecule has 0 aliphatic rings. The minimum absolute atomic E-state index is 0.127. The van der Waals surface area contributed by atoms with Gasteiger partial charge in [0.05, 0.1) is 11.3 Å². The Morgan fingerprint density at radius 2 is 2.20 bits per heavy atom. The smallest absolute Gasteiger partial charge is 0.253 e. The first-order valence-corrected chi connectivity index (χ1v) is 6.33. The predicted molar refractivity (Wildman–Crippen MR) is 80.6 cm³/mol. The van der Waals surface area contributed by atoms with Gasteiger partial charge in [-0.2, -0.15) is 0 Å². The Balaban J connectivity index is 2.31. The van der Waals surface area contributed by atoms with Gasteiger partial charge in [0.15, 0.2) is 0 Å². The van der Waals surface area contributed by atoms with Crippen molar-refractivity contribution in [3.8, 4) is 0 Å². The highest BCUT2D eigenvalue weighted by Gasteiger charge is 2.14. The number of amides is 1. The number of carbonyl (C=O) groups excluding carboxylic acids is 1. The van der Waals surface area contributed by atoms with Crippen molar-refractivity contribution in [3.63, 3.8) is 0 Å². The highest BCUT2D eigenvalue weighted by Crippen LogP contribution is 2.24. The molecule has 1 heterocycles. The minimum Gasteiger partial charge on any atom is -0.399 e. The van der Waals surface area contributed by atoms with E-state index in [4.69, 9.17) is 5.73 Å². The molecule has 1 aromatic heterocycles. The van der Waals surface area contributed by atoms with E-state index in [-0.39, 0.29) is 5.91 Å². The molecule has 0 saturated heterocycles. The first kappa shape index (κ1) is 13.9. The zero-order chi connectivity index (χ0) is 14.5. The van der Waals surface area contributed by atoms with E-state index in [2.05, 4.69) is 10.3 Å². The minimum atomic E-state index is -0.127. The number of benzene rings is 1. The summed E-state index contributed by atoms with van der Waals surface area (Å²) in [5, 5.41) is 2.64. The summed E-state index contributed by atoms with van der Waals surface area (Å²) in [4.78, 5) is 18.0. The largest absolute Gasteiger partial charge is 0.399 e. The molecule has 0 bridgehead atoms. The normalized spacial score (nSPS) is 10.1. The van der Waals surface area contributed by atoms with Crippen LogP contribution in [0.2, 0.25) is 0 Å². The first-order valence-electron chi connectivity index (χ1n) is 6.33. The zero-order valence-electron chi connectivity index (χ0n) is 11.6. The molecule has 2 rings (SSSR count). The second kappa shape index (κ2) is 6.06. The van der Waals surface area contributed by atoms with Crippen LogP contribution in [0, 0.1) is 0 Å². The van der Waals surface area contributed by atoms with Gasteiger partial charge in [-0.3, -0.25) is 9.78 Å². The maximum absolute atomic E-state index is 11.9. The number of nitrogen functional groups attached to an aromatic ring is 1. The fourth-order valence-corrected chi connectivity index (χ4v) is 2.04. The molecule has 5 heteroatoms. The molecule has 0 radical (unpaired) electrons. The average molecular weight is 270 g/mol. The number of carbonyl (C=O) groups is 1. The highest BCUT2D eigenvalue weighted by atomic mass is 16.1. The van der Waals surface area contributed by atoms with Crippen molar-refractivity contribution in [2.45, 2.75) is 6.54 Å². The van der Waals surface area contributed by atoms with Gasteiger partial charge < -0.3 is 16.0 Å². The van der Waals surface area contributed by atoms with Gasteiger partial charge in [-0.05, 0) is 29.8 Å². The third-order valence-corrected chi connectivity index (χ3v) is 3.05. The number of pyridine rings is 1. The molecule has 0 unspecified atom stereocenters. The molecule has 2 aromatic rings. The quantitative estimate of drug-likeness (QED) is 0.829. The number of nitrogens with zero attached hydrogens (tertiary/aromatic N) is 2. The number of hydrogen-bond donors (Lipinski definition) is 2. The lowest BCUT2D eigenvalue weighted by Gasteiger charge is -2.22. The van der Waals surface area contributed by atoms with E-state index in [1.54, 1.807) is 31.4 Å².